The predicted molar refractivity (Wildman–Crippen MR) is 121 cm³/mol. The van der Waals surface area contributed by atoms with Crippen molar-refractivity contribution in [1.82, 2.24) is 24.8 Å². The minimum absolute atomic E-state index is 0.268. The van der Waals surface area contributed by atoms with Crippen molar-refractivity contribution >= 4 is 34.6 Å². The molecule has 31 heavy (non-hydrogen) atoms. The lowest BCUT2D eigenvalue weighted by atomic mass is 10.2. The van der Waals surface area contributed by atoms with Crippen molar-refractivity contribution in [3.8, 4) is 0 Å². The molecule has 3 aromatic heterocycles. The Kier molecular flexibility index (Phi) is 5.43. The number of nitrogens with zero attached hydrogens (tertiary/aromatic N) is 5. The van der Waals surface area contributed by atoms with Crippen molar-refractivity contribution in [2.45, 2.75) is 40.2 Å². The molecule has 0 radical (unpaired) electrons. The first kappa shape index (κ1) is 20.9. The van der Waals surface area contributed by atoms with Crippen LogP contribution in [0.25, 0.3) is 11.0 Å². The second kappa shape index (κ2) is 8.05. The maximum atomic E-state index is 12.3. The monoisotopic (exact) mass is 423 g/mol. The molecule has 0 aromatic carbocycles. The highest BCUT2D eigenvalue weighted by Crippen LogP contribution is 2.28. The van der Waals surface area contributed by atoms with Crippen molar-refractivity contribution in [3.63, 3.8) is 0 Å². The first-order chi connectivity index (χ1) is 14.7. The summed E-state index contributed by atoms with van der Waals surface area (Å²) in [4.78, 5) is 33.2. The summed E-state index contributed by atoms with van der Waals surface area (Å²) in [5.74, 6) is 1.19. The first-order valence-corrected chi connectivity index (χ1v) is 10.5. The van der Waals surface area contributed by atoms with Crippen LogP contribution in [0.3, 0.4) is 0 Å². The zero-order valence-corrected chi connectivity index (χ0v) is 18.7. The van der Waals surface area contributed by atoms with Gasteiger partial charge in [0.25, 0.3) is 0 Å². The summed E-state index contributed by atoms with van der Waals surface area (Å²) in [5, 5.41) is 4.32. The van der Waals surface area contributed by atoms with Crippen LogP contribution in [0.5, 0.6) is 0 Å². The smallest absolute Gasteiger partial charge is 0.410 e. The number of nitrogens with one attached hydrogen (secondary N) is 2. The van der Waals surface area contributed by atoms with E-state index in [4.69, 9.17) is 4.74 Å². The van der Waals surface area contributed by atoms with Gasteiger partial charge in [0.05, 0.1) is 11.4 Å². The van der Waals surface area contributed by atoms with Crippen molar-refractivity contribution in [1.29, 1.82) is 0 Å². The summed E-state index contributed by atoms with van der Waals surface area (Å²) in [5.41, 5.74) is 3.30. The van der Waals surface area contributed by atoms with Crippen LogP contribution in [-0.2, 0) is 4.74 Å². The normalized spacial score (nSPS) is 14.7. The molecule has 2 N–H and O–H groups in total. The molecule has 1 fully saturated rings. The predicted octanol–water partition coefficient (Wildman–Crippen LogP) is 3.77. The zero-order chi connectivity index (χ0) is 22.2. The average Bonchev–Trinajstić information content (AvgIpc) is 3.08. The standard InChI is InChI=1S/C22H29N7O2/c1-14-13-24-19-17(14)15(2)25-20(27-19)26-18-16(7-6-8-23-18)28-9-11-29(12-10-28)21(30)31-22(3,4)5/h6-8,13H,9-12H2,1-5H3,(H2,23,24,25,26,27). The molecule has 0 aliphatic carbocycles. The van der Waals surface area contributed by atoms with Gasteiger partial charge in [-0.15, -0.1) is 0 Å². The van der Waals surface area contributed by atoms with Gasteiger partial charge < -0.3 is 24.8 Å². The molecule has 1 amide bonds. The van der Waals surface area contributed by atoms with Gasteiger partial charge >= 0.3 is 6.09 Å². The lowest BCUT2D eigenvalue weighted by Crippen LogP contribution is -2.50. The van der Waals surface area contributed by atoms with E-state index in [2.05, 4.69) is 30.2 Å². The van der Waals surface area contributed by atoms with E-state index in [0.29, 0.717) is 37.9 Å². The number of rotatable bonds is 3. The van der Waals surface area contributed by atoms with Crippen LogP contribution >= 0.6 is 0 Å². The van der Waals surface area contributed by atoms with E-state index in [1.807, 2.05) is 52.9 Å². The number of piperazine rings is 1. The van der Waals surface area contributed by atoms with Gasteiger partial charge in [0.1, 0.15) is 11.2 Å². The number of aromatic nitrogens is 4. The molecular weight excluding hydrogens is 394 g/mol. The third kappa shape index (κ3) is 4.55. The Hall–Kier alpha value is -3.36. The van der Waals surface area contributed by atoms with Gasteiger partial charge in [0, 0.05) is 44.0 Å². The molecule has 0 atom stereocenters. The molecule has 1 aliphatic heterocycles. The van der Waals surface area contributed by atoms with Crippen molar-refractivity contribution in [2.24, 2.45) is 0 Å². The van der Waals surface area contributed by atoms with E-state index in [9.17, 15) is 4.79 Å². The number of pyridine rings is 1. The first-order valence-electron chi connectivity index (χ1n) is 10.5. The summed E-state index contributed by atoms with van der Waals surface area (Å²) in [6.45, 7) is 12.2. The largest absolute Gasteiger partial charge is 0.444 e. The Labute approximate surface area is 181 Å². The van der Waals surface area contributed by atoms with E-state index in [1.54, 1.807) is 11.1 Å². The average molecular weight is 424 g/mol. The molecule has 9 heteroatoms. The maximum absolute atomic E-state index is 12.3. The van der Waals surface area contributed by atoms with E-state index >= 15 is 0 Å². The Balaban J connectivity index is 1.49. The molecule has 0 saturated carbocycles. The Morgan fingerprint density at radius 3 is 2.61 bits per heavy atom. The van der Waals surface area contributed by atoms with Crippen molar-refractivity contribution in [2.75, 3.05) is 36.4 Å². The fraction of sp³-hybridized carbons (Fsp3) is 0.455. The van der Waals surface area contributed by atoms with Gasteiger partial charge in [-0.1, -0.05) is 0 Å². The highest BCUT2D eigenvalue weighted by molar-refractivity contribution is 5.83. The molecule has 1 aliphatic rings. The Morgan fingerprint density at radius 2 is 1.90 bits per heavy atom. The van der Waals surface area contributed by atoms with Gasteiger partial charge in [0.2, 0.25) is 5.95 Å². The third-order valence-electron chi connectivity index (χ3n) is 5.20. The fourth-order valence-corrected chi connectivity index (χ4v) is 3.76. The molecule has 0 spiro atoms. The number of anilines is 3. The number of fused-ring (bicyclic) bond motifs is 1. The highest BCUT2D eigenvalue weighted by atomic mass is 16.6. The van der Waals surface area contributed by atoms with Crippen molar-refractivity contribution < 1.29 is 9.53 Å². The number of ether oxygens (including phenoxy) is 1. The summed E-state index contributed by atoms with van der Waals surface area (Å²) >= 11 is 0. The summed E-state index contributed by atoms with van der Waals surface area (Å²) in [6.07, 6.45) is 3.41. The van der Waals surface area contributed by atoms with Crippen LogP contribution in [0.15, 0.2) is 24.5 Å². The highest BCUT2D eigenvalue weighted by Gasteiger charge is 2.27. The van der Waals surface area contributed by atoms with E-state index in [-0.39, 0.29) is 6.09 Å². The van der Waals surface area contributed by atoms with Gasteiger partial charge in [0.15, 0.2) is 5.82 Å². The summed E-state index contributed by atoms with van der Waals surface area (Å²) in [7, 11) is 0. The minimum atomic E-state index is -0.494. The van der Waals surface area contributed by atoms with Gasteiger partial charge in [-0.2, -0.15) is 4.98 Å². The van der Waals surface area contributed by atoms with Crippen LogP contribution in [0.2, 0.25) is 0 Å². The van der Waals surface area contributed by atoms with E-state index < -0.39 is 5.60 Å². The fourth-order valence-electron chi connectivity index (χ4n) is 3.76. The molecule has 3 aromatic rings. The number of amides is 1. The SMILES string of the molecule is Cc1c[nH]c2nc(Nc3ncccc3N3CCN(C(=O)OC(C)(C)C)CC3)nc(C)c12. The summed E-state index contributed by atoms with van der Waals surface area (Å²) in [6, 6.07) is 3.92. The van der Waals surface area contributed by atoms with Crippen LogP contribution in [0.1, 0.15) is 32.0 Å². The maximum Gasteiger partial charge on any atom is 0.410 e. The molecule has 4 heterocycles. The molecule has 1 saturated heterocycles. The van der Waals surface area contributed by atoms with Gasteiger partial charge in [-0.3, -0.25) is 0 Å². The number of aryl methyl sites for hydroxylation is 2. The van der Waals surface area contributed by atoms with Crippen molar-refractivity contribution in [3.05, 3.63) is 35.8 Å². The Bertz CT molecular complexity index is 1090. The van der Waals surface area contributed by atoms with Crippen LogP contribution in [0, 0.1) is 13.8 Å². The number of H-pyrrole nitrogens is 1. The molecule has 0 unspecified atom stereocenters. The second-order valence-corrected chi connectivity index (χ2v) is 8.78. The molecule has 0 bridgehead atoms. The lowest BCUT2D eigenvalue weighted by Gasteiger charge is -2.37. The number of carbonyl (C=O) groups excluding carboxylic acids is 1. The lowest BCUT2D eigenvalue weighted by molar-refractivity contribution is 0.0240. The quantitative estimate of drug-likeness (QED) is 0.661. The molecule has 164 valence electrons. The number of carbonyl (C=O) groups is 1. The zero-order valence-electron chi connectivity index (χ0n) is 18.7. The topological polar surface area (TPSA) is 99.3 Å². The third-order valence-corrected chi connectivity index (χ3v) is 5.20. The number of hydrogen-bond donors (Lipinski definition) is 2. The number of aromatic amines is 1. The summed E-state index contributed by atoms with van der Waals surface area (Å²) < 4.78 is 5.49. The molecule has 4 rings (SSSR count). The Morgan fingerprint density at radius 1 is 1.16 bits per heavy atom. The van der Waals surface area contributed by atoms with Crippen LogP contribution in [0.4, 0.5) is 22.2 Å². The van der Waals surface area contributed by atoms with Gasteiger partial charge in [-0.05, 0) is 52.3 Å². The molecule has 9 nitrogen and oxygen atoms in total. The second-order valence-electron chi connectivity index (χ2n) is 8.78. The van der Waals surface area contributed by atoms with Crippen LogP contribution < -0.4 is 10.2 Å². The van der Waals surface area contributed by atoms with Crippen LogP contribution in [-0.4, -0.2) is 62.7 Å². The molecular formula is C22H29N7O2. The minimum Gasteiger partial charge on any atom is -0.444 e. The van der Waals surface area contributed by atoms with E-state index in [0.717, 1.165) is 28.0 Å². The van der Waals surface area contributed by atoms with E-state index in [1.165, 1.54) is 0 Å². The number of hydrogen-bond acceptors (Lipinski definition) is 7. The van der Waals surface area contributed by atoms with Gasteiger partial charge in [-0.25, -0.2) is 14.8 Å².